The van der Waals surface area contributed by atoms with E-state index < -0.39 is 10.1 Å². The molecule has 0 saturated carbocycles. The molecule has 0 aromatic heterocycles. The summed E-state index contributed by atoms with van der Waals surface area (Å²) in [4.78, 5) is -0.180. The van der Waals surface area contributed by atoms with Crippen molar-refractivity contribution >= 4 is 10.1 Å². The van der Waals surface area contributed by atoms with Crippen LogP contribution in [-0.2, 0) is 10.1 Å². The highest BCUT2D eigenvalue weighted by molar-refractivity contribution is 7.85. The maximum atomic E-state index is 11.4. The molecule has 5 heteroatoms. The summed E-state index contributed by atoms with van der Waals surface area (Å²) in [6.45, 7) is 7.14. The van der Waals surface area contributed by atoms with Crippen LogP contribution in [0.3, 0.4) is 0 Å². The average Bonchev–Trinajstić information content (AvgIpc) is 2.14. The van der Waals surface area contributed by atoms with Crippen LogP contribution in [0.2, 0.25) is 0 Å². The summed E-state index contributed by atoms with van der Waals surface area (Å²) < 4.78 is 34.1. The molecular formula is C12H17O4S-. The van der Waals surface area contributed by atoms with Crippen molar-refractivity contribution in [2.75, 3.05) is 0 Å². The molecular weight excluding hydrogens is 240 g/mol. The Labute approximate surface area is 102 Å². The van der Waals surface area contributed by atoms with Gasteiger partial charge in [0.2, 0.25) is 0 Å². The quantitative estimate of drug-likeness (QED) is 0.844. The van der Waals surface area contributed by atoms with Crippen LogP contribution in [0.5, 0.6) is 5.75 Å². The number of benzene rings is 1. The van der Waals surface area contributed by atoms with E-state index in [-0.39, 0.29) is 22.5 Å². The van der Waals surface area contributed by atoms with E-state index >= 15 is 0 Å². The van der Waals surface area contributed by atoms with Gasteiger partial charge >= 0.3 is 0 Å². The lowest BCUT2D eigenvalue weighted by Gasteiger charge is -2.22. The van der Waals surface area contributed by atoms with Gasteiger partial charge in [0.1, 0.15) is 15.9 Å². The predicted octanol–water partition coefficient (Wildman–Crippen LogP) is 2.54. The van der Waals surface area contributed by atoms with Crippen molar-refractivity contribution in [3.8, 4) is 5.75 Å². The van der Waals surface area contributed by atoms with Crippen molar-refractivity contribution in [2.45, 2.75) is 44.4 Å². The molecule has 0 unspecified atom stereocenters. The standard InChI is InChI=1S/C12H18O4S/c1-7(2)10-5-9(13)6-11(8(3)4)12(10)17(14,15)16/h5-8,13H,1-4H3,(H,14,15,16)/p-1. The molecule has 0 aliphatic heterocycles. The van der Waals surface area contributed by atoms with Crippen LogP contribution >= 0.6 is 0 Å². The second-order valence-corrected chi connectivity index (χ2v) is 6.03. The molecule has 0 amide bonds. The van der Waals surface area contributed by atoms with Gasteiger partial charge in [-0.15, -0.1) is 0 Å². The maximum absolute atomic E-state index is 11.4. The summed E-state index contributed by atoms with van der Waals surface area (Å²) in [7, 11) is -4.53. The maximum Gasteiger partial charge on any atom is 0.125 e. The Morgan fingerprint density at radius 3 is 1.65 bits per heavy atom. The van der Waals surface area contributed by atoms with Crippen LogP contribution in [0.1, 0.15) is 50.7 Å². The summed E-state index contributed by atoms with van der Waals surface area (Å²) in [6, 6.07) is 2.70. The van der Waals surface area contributed by atoms with Gasteiger partial charge in [0.05, 0.1) is 4.90 Å². The van der Waals surface area contributed by atoms with E-state index in [1.54, 1.807) is 27.7 Å². The van der Waals surface area contributed by atoms with Crippen LogP contribution in [0, 0.1) is 0 Å². The molecule has 0 fully saturated rings. The Bertz CT molecular complexity index is 486. The highest BCUT2D eigenvalue weighted by atomic mass is 32.2. The molecule has 0 atom stereocenters. The van der Waals surface area contributed by atoms with Gasteiger partial charge < -0.3 is 9.66 Å². The number of hydrogen-bond donors (Lipinski definition) is 1. The smallest absolute Gasteiger partial charge is 0.125 e. The highest BCUT2D eigenvalue weighted by Gasteiger charge is 2.20. The lowest BCUT2D eigenvalue weighted by atomic mass is 9.95. The fraction of sp³-hybridized carbons (Fsp3) is 0.500. The zero-order valence-electron chi connectivity index (χ0n) is 10.4. The molecule has 17 heavy (non-hydrogen) atoms. The lowest BCUT2D eigenvalue weighted by Crippen LogP contribution is -2.10. The topological polar surface area (TPSA) is 77.4 Å². The Hall–Kier alpha value is -1.07. The van der Waals surface area contributed by atoms with Crippen molar-refractivity contribution in [3.05, 3.63) is 23.3 Å². The van der Waals surface area contributed by atoms with Crippen molar-refractivity contribution in [2.24, 2.45) is 0 Å². The van der Waals surface area contributed by atoms with Crippen molar-refractivity contribution in [3.63, 3.8) is 0 Å². The molecule has 0 saturated heterocycles. The Morgan fingerprint density at radius 1 is 1.06 bits per heavy atom. The second-order valence-electron chi connectivity index (χ2n) is 4.72. The van der Waals surface area contributed by atoms with E-state index in [9.17, 15) is 18.1 Å². The lowest BCUT2D eigenvalue weighted by molar-refractivity contribution is 0.456. The molecule has 0 bridgehead atoms. The summed E-state index contributed by atoms with van der Waals surface area (Å²) in [6.07, 6.45) is 0. The van der Waals surface area contributed by atoms with Gasteiger partial charge in [0.25, 0.3) is 0 Å². The molecule has 1 rings (SSSR count). The first-order valence-corrected chi connectivity index (χ1v) is 6.88. The third-order valence-corrected chi connectivity index (χ3v) is 3.60. The molecule has 4 nitrogen and oxygen atoms in total. The first kappa shape index (κ1) is 14.0. The normalized spacial score (nSPS) is 12.4. The van der Waals surface area contributed by atoms with Crippen LogP contribution in [0.25, 0.3) is 0 Å². The molecule has 0 aliphatic carbocycles. The number of rotatable bonds is 3. The molecule has 96 valence electrons. The molecule has 0 spiro atoms. The van der Waals surface area contributed by atoms with E-state index in [0.29, 0.717) is 11.1 Å². The number of phenols is 1. The molecule has 0 aliphatic rings. The van der Waals surface area contributed by atoms with Gasteiger partial charge in [0.15, 0.2) is 0 Å². The first-order valence-electron chi connectivity index (χ1n) is 5.47. The van der Waals surface area contributed by atoms with E-state index in [4.69, 9.17) is 0 Å². The summed E-state index contributed by atoms with van der Waals surface area (Å²) in [5.74, 6) is -0.290. The number of hydrogen-bond acceptors (Lipinski definition) is 4. The molecule has 0 radical (unpaired) electrons. The predicted molar refractivity (Wildman–Crippen MR) is 64.2 cm³/mol. The van der Waals surface area contributed by atoms with E-state index in [2.05, 4.69) is 0 Å². The van der Waals surface area contributed by atoms with Crippen LogP contribution in [0.4, 0.5) is 0 Å². The monoisotopic (exact) mass is 257 g/mol. The first-order chi connectivity index (χ1) is 7.64. The summed E-state index contributed by atoms with van der Waals surface area (Å²) in [5, 5.41) is 9.58. The largest absolute Gasteiger partial charge is 0.744 e. The molecule has 1 N–H and O–H groups in total. The van der Waals surface area contributed by atoms with Crippen LogP contribution in [0.15, 0.2) is 17.0 Å². The summed E-state index contributed by atoms with van der Waals surface area (Å²) in [5.41, 5.74) is 0.757. The minimum Gasteiger partial charge on any atom is -0.744 e. The summed E-state index contributed by atoms with van der Waals surface area (Å²) >= 11 is 0. The minimum absolute atomic E-state index is 0.00944. The van der Waals surface area contributed by atoms with Gasteiger partial charge in [-0.1, -0.05) is 27.7 Å². The van der Waals surface area contributed by atoms with Crippen molar-refractivity contribution in [1.82, 2.24) is 0 Å². The third-order valence-electron chi connectivity index (χ3n) is 2.63. The Morgan fingerprint density at radius 2 is 1.41 bits per heavy atom. The number of aromatic hydroxyl groups is 1. The van der Waals surface area contributed by atoms with Crippen molar-refractivity contribution < 1.29 is 18.1 Å². The minimum atomic E-state index is -4.53. The van der Waals surface area contributed by atoms with E-state index in [0.717, 1.165) is 0 Å². The fourth-order valence-corrected chi connectivity index (χ4v) is 2.97. The van der Waals surface area contributed by atoms with E-state index in [1.807, 2.05) is 0 Å². The Balaban J connectivity index is 3.72. The van der Waals surface area contributed by atoms with Gasteiger partial charge in [0, 0.05) is 0 Å². The van der Waals surface area contributed by atoms with Crippen LogP contribution in [-0.4, -0.2) is 18.1 Å². The van der Waals surface area contributed by atoms with Gasteiger partial charge in [-0.05, 0) is 35.1 Å². The molecule has 0 heterocycles. The second kappa shape index (κ2) is 4.66. The Kier molecular flexibility index (Phi) is 3.84. The number of phenolic OH excluding ortho intramolecular Hbond substituents is 1. The third kappa shape index (κ3) is 2.98. The van der Waals surface area contributed by atoms with Gasteiger partial charge in [-0.25, -0.2) is 8.42 Å². The van der Waals surface area contributed by atoms with Crippen molar-refractivity contribution in [1.29, 1.82) is 0 Å². The van der Waals surface area contributed by atoms with Crippen LogP contribution < -0.4 is 0 Å². The SMILES string of the molecule is CC(C)c1cc(O)cc(C(C)C)c1S(=O)(=O)[O-]. The van der Waals surface area contributed by atoms with Gasteiger partial charge in [-0.2, -0.15) is 0 Å². The molecule has 1 aromatic rings. The average molecular weight is 257 g/mol. The molecule has 1 aromatic carbocycles. The zero-order valence-corrected chi connectivity index (χ0v) is 11.2. The highest BCUT2D eigenvalue weighted by Crippen LogP contribution is 2.34. The van der Waals surface area contributed by atoms with E-state index in [1.165, 1.54) is 12.1 Å². The fourth-order valence-electron chi connectivity index (χ4n) is 1.80. The zero-order chi connectivity index (χ0) is 13.4. The van der Waals surface area contributed by atoms with Gasteiger partial charge in [-0.3, -0.25) is 0 Å².